The molecule has 0 saturated heterocycles. The molecule has 0 saturated carbocycles. The predicted octanol–water partition coefficient (Wildman–Crippen LogP) is 0.920. The molecule has 0 aromatic carbocycles. The van der Waals surface area contributed by atoms with Crippen molar-refractivity contribution in [2.24, 2.45) is 0 Å². The molecule has 0 aliphatic heterocycles. The molecule has 0 radical (unpaired) electrons. The van der Waals surface area contributed by atoms with Gasteiger partial charge in [0.15, 0.2) is 6.33 Å². The molecule has 2 aromatic heterocycles. The Morgan fingerprint density at radius 1 is 1.41 bits per heavy atom. The highest BCUT2D eigenvalue weighted by atomic mass is 16.6. The minimum atomic E-state index is -0.828. The van der Waals surface area contributed by atoms with Crippen molar-refractivity contribution < 1.29 is 10.0 Å². The molecule has 0 unspecified atom stereocenters. The van der Waals surface area contributed by atoms with Gasteiger partial charge in [0, 0.05) is 12.4 Å². The highest BCUT2D eigenvalue weighted by Gasteiger charge is 2.17. The van der Waals surface area contributed by atoms with Gasteiger partial charge in [0.2, 0.25) is 0 Å². The average Bonchev–Trinajstić information content (AvgIpc) is 2.78. The lowest BCUT2D eigenvalue weighted by molar-refractivity contribution is -0.392. The van der Waals surface area contributed by atoms with Crippen molar-refractivity contribution >= 4 is 5.82 Å². The van der Waals surface area contributed by atoms with Crippen LogP contribution in [-0.4, -0.2) is 24.6 Å². The van der Waals surface area contributed by atoms with Gasteiger partial charge in [-0.05, 0) is 22.6 Å². The fourth-order valence-electron chi connectivity index (χ4n) is 1.48. The van der Waals surface area contributed by atoms with Crippen molar-refractivity contribution in [1.29, 1.82) is 0 Å². The molecular formula is C10H10N4O3. The number of nitrogens with zero attached hydrogens (tertiary/aromatic N) is 4. The van der Waals surface area contributed by atoms with Gasteiger partial charge >= 0.3 is 5.82 Å². The Bertz CT molecular complexity index is 511. The summed E-state index contributed by atoms with van der Waals surface area (Å²) >= 11 is 0. The molecule has 17 heavy (non-hydrogen) atoms. The van der Waals surface area contributed by atoms with Crippen LogP contribution in [0.1, 0.15) is 11.7 Å². The largest absolute Gasteiger partial charge is 0.384 e. The Labute approximate surface area is 96.5 Å². The van der Waals surface area contributed by atoms with E-state index in [9.17, 15) is 15.2 Å². The summed E-state index contributed by atoms with van der Waals surface area (Å²) in [5, 5.41) is 20.6. The minimum absolute atomic E-state index is 0.0837. The van der Waals surface area contributed by atoms with E-state index in [1.165, 1.54) is 10.9 Å². The summed E-state index contributed by atoms with van der Waals surface area (Å²) in [7, 11) is 0. The van der Waals surface area contributed by atoms with Gasteiger partial charge in [-0.25, -0.2) is 9.55 Å². The summed E-state index contributed by atoms with van der Waals surface area (Å²) in [5.74, 6) is -0.141. The van der Waals surface area contributed by atoms with Crippen LogP contribution >= 0.6 is 0 Å². The van der Waals surface area contributed by atoms with Gasteiger partial charge in [0.1, 0.15) is 18.8 Å². The molecule has 2 heterocycles. The van der Waals surface area contributed by atoms with Crippen LogP contribution in [0.5, 0.6) is 0 Å². The smallest absolute Gasteiger partial charge is 0.342 e. The highest BCUT2D eigenvalue weighted by Crippen LogP contribution is 2.17. The van der Waals surface area contributed by atoms with E-state index < -0.39 is 11.0 Å². The lowest BCUT2D eigenvalue weighted by atomic mass is 10.1. The fraction of sp³-hybridized carbons (Fsp3) is 0.200. The number of aromatic nitrogens is 3. The maximum absolute atomic E-state index is 10.7. The van der Waals surface area contributed by atoms with Gasteiger partial charge in [-0.2, -0.15) is 0 Å². The summed E-state index contributed by atoms with van der Waals surface area (Å²) in [4.78, 5) is 17.6. The summed E-state index contributed by atoms with van der Waals surface area (Å²) in [6, 6.07) is 3.32. The van der Waals surface area contributed by atoms with Crippen LogP contribution in [0.25, 0.3) is 0 Å². The number of pyridine rings is 1. The van der Waals surface area contributed by atoms with E-state index in [0.717, 1.165) is 6.20 Å². The zero-order valence-electron chi connectivity index (χ0n) is 8.80. The number of aliphatic hydroxyl groups excluding tert-OH is 1. The van der Waals surface area contributed by atoms with Crippen LogP contribution in [0.4, 0.5) is 5.82 Å². The standard InChI is InChI=1S/C10H10N4O3/c15-9(8-1-3-11-4-2-8)6-13-7-12-5-10(13)14(16)17/h1-5,7,9,15H,6H2/t9-/m0/s1. The first-order valence-electron chi connectivity index (χ1n) is 4.91. The zero-order chi connectivity index (χ0) is 12.3. The normalized spacial score (nSPS) is 12.3. The summed E-state index contributed by atoms with van der Waals surface area (Å²) < 4.78 is 1.30. The maximum atomic E-state index is 10.7. The number of nitro groups is 1. The lowest BCUT2D eigenvalue weighted by Gasteiger charge is -2.08. The third-order valence-electron chi connectivity index (χ3n) is 2.34. The first kappa shape index (κ1) is 11.2. The highest BCUT2D eigenvalue weighted by molar-refractivity contribution is 5.17. The van der Waals surface area contributed by atoms with E-state index in [2.05, 4.69) is 9.97 Å². The Hall–Kier alpha value is -2.28. The Morgan fingerprint density at radius 2 is 2.12 bits per heavy atom. The summed E-state index contributed by atoms with van der Waals surface area (Å²) in [5.41, 5.74) is 0.656. The van der Waals surface area contributed by atoms with Gasteiger partial charge in [-0.1, -0.05) is 0 Å². The Balaban J connectivity index is 2.16. The van der Waals surface area contributed by atoms with Crippen LogP contribution in [-0.2, 0) is 6.54 Å². The second kappa shape index (κ2) is 4.71. The number of rotatable bonds is 4. The van der Waals surface area contributed by atoms with Crippen LogP contribution < -0.4 is 0 Å². The molecule has 7 heteroatoms. The first-order chi connectivity index (χ1) is 8.18. The molecule has 88 valence electrons. The minimum Gasteiger partial charge on any atom is -0.384 e. The van der Waals surface area contributed by atoms with Crippen molar-refractivity contribution in [3.05, 3.63) is 52.7 Å². The average molecular weight is 234 g/mol. The van der Waals surface area contributed by atoms with Crippen molar-refractivity contribution in [2.75, 3.05) is 0 Å². The number of imidazole rings is 1. The van der Waals surface area contributed by atoms with E-state index in [1.807, 2.05) is 0 Å². The third-order valence-corrected chi connectivity index (χ3v) is 2.34. The molecule has 7 nitrogen and oxygen atoms in total. The molecule has 0 bridgehead atoms. The van der Waals surface area contributed by atoms with Crippen molar-refractivity contribution in [3.63, 3.8) is 0 Å². The quantitative estimate of drug-likeness (QED) is 0.627. The van der Waals surface area contributed by atoms with Crippen LogP contribution in [0.15, 0.2) is 37.1 Å². The molecule has 1 N–H and O–H groups in total. The number of hydrogen-bond acceptors (Lipinski definition) is 5. The molecular weight excluding hydrogens is 224 g/mol. The number of aliphatic hydroxyl groups is 1. The predicted molar refractivity (Wildman–Crippen MR) is 58.1 cm³/mol. The SMILES string of the molecule is O=[N+]([O-])c1cncn1C[C@H](O)c1ccncc1. The van der Waals surface area contributed by atoms with E-state index in [0.29, 0.717) is 5.56 Å². The van der Waals surface area contributed by atoms with Gasteiger partial charge in [0.05, 0.1) is 0 Å². The van der Waals surface area contributed by atoms with E-state index in [4.69, 9.17) is 0 Å². The monoisotopic (exact) mass is 234 g/mol. The molecule has 0 aliphatic rings. The molecule has 2 aromatic rings. The van der Waals surface area contributed by atoms with Crippen LogP contribution in [0.2, 0.25) is 0 Å². The molecule has 0 aliphatic carbocycles. The van der Waals surface area contributed by atoms with Crippen molar-refractivity contribution in [2.45, 2.75) is 12.6 Å². The van der Waals surface area contributed by atoms with Crippen LogP contribution in [0.3, 0.4) is 0 Å². The first-order valence-corrected chi connectivity index (χ1v) is 4.91. The second-order valence-corrected chi connectivity index (χ2v) is 3.46. The summed E-state index contributed by atoms with van der Waals surface area (Å²) in [6.07, 6.45) is 4.76. The molecule has 1 atom stereocenters. The third kappa shape index (κ3) is 2.45. The Kier molecular flexibility index (Phi) is 3.10. The van der Waals surface area contributed by atoms with Gasteiger partial charge in [0.25, 0.3) is 0 Å². The molecule has 0 spiro atoms. The number of hydrogen-bond donors (Lipinski definition) is 1. The van der Waals surface area contributed by atoms with Crippen molar-refractivity contribution in [1.82, 2.24) is 14.5 Å². The molecule has 2 rings (SSSR count). The summed E-state index contributed by atoms with van der Waals surface area (Å²) in [6.45, 7) is 0.0837. The van der Waals surface area contributed by atoms with Gasteiger partial charge in [-0.15, -0.1) is 0 Å². The van der Waals surface area contributed by atoms with E-state index in [-0.39, 0.29) is 12.4 Å². The zero-order valence-corrected chi connectivity index (χ0v) is 8.80. The molecule has 0 amide bonds. The second-order valence-electron chi connectivity index (χ2n) is 3.46. The van der Waals surface area contributed by atoms with E-state index >= 15 is 0 Å². The van der Waals surface area contributed by atoms with Crippen molar-refractivity contribution in [3.8, 4) is 0 Å². The van der Waals surface area contributed by atoms with Gasteiger partial charge < -0.3 is 15.2 Å². The lowest BCUT2D eigenvalue weighted by Crippen LogP contribution is -2.10. The maximum Gasteiger partial charge on any atom is 0.342 e. The van der Waals surface area contributed by atoms with E-state index in [1.54, 1.807) is 24.5 Å². The molecule has 0 fully saturated rings. The topological polar surface area (TPSA) is 94.1 Å². The van der Waals surface area contributed by atoms with Gasteiger partial charge in [-0.3, -0.25) is 4.98 Å². The van der Waals surface area contributed by atoms with Crippen LogP contribution in [0, 0.1) is 10.1 Å². The fourth-order valence-corrected chi connectivity index (χ4v) is 1.48. The Morgan fingerprint density at radius 3 is 2.76 bits per heavy atom.